The zero-order valence-corrected chi connectivity index (χ0v) is 17.7. The summed E-state index contributed by atoms with van der Waals surface area (Å²) in [6.45, 7) is 6.22. The zero-order valence-electron chi connectivity index (χ0n) is 17.7. The third kappa shape index (κ3) is 5.37. The Labute approximate surface area is 179 Å². The van der Waals surface area contributed by atoms with Crippen molar-refractivity contribution >= 4 is 5.91 Å². The molecular weight excluding hydrogens is 368 g/mol. The van der Waals surface area contributed by atoms with E-state index in [9.17, 15) is 4.79 Å². The smallest absolute Gasteiger partial charge is 0.251 e. The van der Waals surface area contributed by atoms with Gasteiger partial charge in [0, 0.05) is 18.7 Å². The van der Waals surface area contributed by atoms with Crippen molar-refractivity contribution in [3.05, 3.63) is 95.1 Å². The largest absolute Gasteiger partial charge is 0.352 e. The standard InChI is InChI=1S/C27H30N2O/c1-21-4-10-24(11-5-21)25-12-14-26(15-13-25)27(30)28-17-16-22-6-8-23(9-7-22)20-29-18-2-3-19-29/h4-15H,2-3,16-20H2,1H3,(H,28,30). The molecule has 1 fully saturated rings. The average molecular weight is 399 g/mol. The Hall–Kier alpha value is -2.91. The summed E-state index contributed by atoms with van der Waals surface area (Å²) in [6, 6.07) is 25.1. The Balaban J connectivity index is 1.25. The number of hydrogen-bond acceptors (Lipinski definition) is 2. The number of carbonyl (C=O) groups is 1. The van der Waals surface area contributed by atoms with Gasteiger partial charge in [0.1, 0.15) is 0 Å². The number of benzene rings is 3. The van der Waals surface area contributed by atoms with E-state index in [1.54, 1.807) is 0 Å². The predicted octanol–water partition coefficient (Wildman–Crippen LogP) is 5.23. The number of carbonyl (C=O) groups excluding carboxylic acids is 1. The van der Waals surface area contributed by atoms with E-state index < -0.39 is 0 Å². The first-order valence-corrected chi connectivity index (χ1v) is 10.9. The number of aryl methyl sites for hydroxylation is 1. The maximum atomic E-state index is 12.5. The van der Waals surface area contributed by atoms with Crippen LogP contribution in [0.25, 0.3) is 11.1 Å². The van der Waals surface area contributed by atoms with Crippen LogP contribution in [0.5, 0.6) is 0 Å². The summed E-state index contributed by atoms with van der Waals surface area (Å²) in [4.78, 5) is 15.0. The SMILES string of the molecule is Cc1ccc(-c2ccc(C(=O)NCCc3ccc(CN4CCCC4)cc3)cc2)cc1. The Morgan fingerprint density at radius 1 is 0.800 bits per heavy atom. The van der Waals surface area contributed by atoms with Gasteiger partial charge in [0.25, 0.3) is 5.91 Å². The number of rotatable bonds is 7. The average Bonchev–Trinajstić information content (AvgIpc) is 3.29. The summed E-state index contributed by atoms with van der Waals surface area (Å²) in [5, 5.41) is 3.04. The molecule has 1 aliphatic heterocycles. The molecule has 0 spiro atoms. The monoisotopic (exact) mass is 398 g/mol. The molecule has 3 heteroatoms. The first kappa shape index (κ1) is 20.4. The summed E-state index contributed by atoms with van der Waals surface area (Å²) in [6.07, 6.45) is 3.50. The minimum Gasteiger partial charge on any atom is -0.352 e. The molecule has 0 unspecified atom stereocenters. The molecular formula is C27H30N2O. The molecule has 0 saturated carbocycles. The minimum absolute atomic E-state index is 0.0175. The van der Waals surface area contributed by atoms with Crippen molar-refractivity contribution in [1.29, 1.82) is 0 Å². The van der Waals surface area contributed by atoms with E-state index in [4.69, 9.17) is 0 Å². The normalized spacial score (nSPS) is 14.0. The van der Waals surface area contributed by atoms with Crippen molar-refractivity contribution in [2.75, 3.05) is 19.6 Å². The van der Waals surface area contributed by atoms with Crippen molar-refractivity contribution in [3.63, 3.8) is 0 Å². The first-order chi connectivity index (χ1) is 14.7. The van der Waals surface area contributed by atoms with Crippen molar-refractivity contribution in [1.82, 2.24) is 10.2 Å². The number of likely N-dealkylation sites (tertiary alicyclic amines) is 1. The summed E-state index contributed by atoms with van der Waals surface area (Å²) in [5.74, 6) is -0.0175. The fraction of sp³-hybridized carbons (Fsp3) is 0.296. The number of amides is 1. The van der Waals surface area contributed by atoms with Crippen LogP contribution in [-0.2, 0) is 13.0 Å². The van der Waals surface area contributed by atoms with E-state index >= 15 is 0 Å². The highest BCUT2D eigenvalue weighted by Gasteiger charge is 2.11. The molecule has 3 nitrogen and oxygen atoms in total. The molecule has 0 atom stereocenters. The van der Waals surface area contributed by atoms with Crippen LogP contribution in [0.2, 0.25) is 0 Å². The zero-order chi connectivity index (χ0) is 20.8. The lowest BCUT2D eigenvalue weighted by Crippen LogP contribution is -2.25. The molecule has 3 aromatic rings. The van der Waals surface area contributed by atoms with Gasteiger partial charge in [-0.1, -0.05) is 66.2 Å². The lowest BCUT2D eigenvalue weighted by Gasteiger charge is -2.14. The summed E-state index contributed by atoms with van der Waals surface area (Å²) < 4.78 is 0. The second-order valence-electron chi connectivity index (χ2n) is 8.25. The lowest BCUT2D eigenvalue weighted by atomic mass is 10.0. The topological polar surface area (TPSA) is 32.3 Å². The molecule has 0 radical (unpaired) electrons. The Kier molecular flexibility index (Phi) is 6.60. The van der Waals surface area contributed by atoms with Crippen LogP contribution in [0, 0.1) is 6.92 Å². The molecule has 30 heavy (non-hydrogen) atoms. The first-order valence-electron chi connectivity index (χ1n) is 10.9. The maximum Gasteiger partial charge on any atom is 0.251 e. The van der Waals surface area contributed by atoms with Gasteiger partial charge >= 0.3 is 0 Å². The third-order valence-electron chi connectivity index (χ3n) is 5.86. The predicted molar refractivity (Wildman–Crippen MR) is 124 cm³/mol. The quantitative estimate of drug-likeness (QED) is 0.591. The van der Waals surface area contributed by atoms with Gasteiger partial charge in [-0.3, -0.25) is 9.69 Å². The molecule has 3 aromatic carbocycles. The highest BCUT2D eigenvalue weighted by molar-refractivity contribution is 5.94. The van der Waals surface area contributed by atoms with Gasteiger partial charge in [0.2, 0.25) is 0 Å². The van der Waals surface area contributed by atoms with Gasteiger partial charge in [0.15, 0.2) is 0 Å². The molecule has 1 N–H and O–H groups in total. The molecule has 1 saturated heterocycles. The van der Waals surface area contributed by atoms with Crippen molar-refractivity contribution in [2.45, 2.75) is 32.7 Å². The van der Waals surface area contributed by atoms with E-state index in [-0.39, 0.29) is 5.91 Å². The molecule has 0 bridgehead atoms. The Bertz CT molecular complexity index is 953. The van der Waals surface area contributed by atoms with Gasteiger partial charge in [-0.25, -0.2) is 0 Å². The van der Waals surface area contributed by atoms with E-state index in [1.165, 1.54) is 48.2 Å². The number of nitrogens with one attached hydrogen (secondary N) is 1. The fourth-order valence-electron chi connectivity index (χ4n) is 3.99. The summed E-state index contributed by atoms with van der Waals surface area (Å²) in [7, 11) is 0. The van der Waals surface area contributed by atoms with E-state index in [2.05, 4.69) is 65.7 Å². The van der Waals surface area contributed by atoms with Crippen molar-refractivity contribution in [3.8, 4) is 11.1 Å². The fourth-order valence-corrected chi connectivity index (χ4v) is 3.99. The van der Waals surface area contributed by atoms with Gasteiger partial charge in [-0.15, -0.1) is 0 Å². The molecule has 1 amide bonds. The molecule has 1 aliphatic rings. The van der Waals surface area contributed by atoms with Gasteiger partial charge in [-0.05, 0) is 73.7 Å². The van der Waals surface area contributed by atoms with Gasteiger partial charge in [-0.2, -0.15) is 0 Å². The number of nitrogens with zero attached hydrogens (tertiary/aromatic N) is 1. The Morgan fingerprint density at radius 2 is 1.37 bits per heavy atom. The van der Waals surface area contributed by atoms with Crippen LogP contribution in [-0.4, -0.2) is 30.4 Å². The third-order valence-corrected chi connectivity index (χ3v) is 5.86. The van der Waals surface area contributed by atoms with Crippen LogP contribution in [0.15, 0.2) is 72.8 Å². The van der Waals surface area contributed by atoms with Crippen LogP contribution < -0.4 is 5.32 Å². The highest BCUT2D eigenvalue weighted by Crippen LogP contribution is 2.20. The molecule has 154 valence electrons. The Morgan fingerprint density at radius 3 is 2.00 bits per heavy atom. The molecule has 0 aliphatic carbocycles. The second-order valence-corrected chi connectivity index (χ2v) is 8.25. The molecule has 4 rings (SSSR count). The summed E-state index contributed by atoms with van der Waals surface area (Å²) in [5.41, 5.74) is 6.87. The van der Waals surface area contributed by atoms with Crippen LogP contribution >= 0.6 is 0 Å². The lowest BCUT2D eigenvalue weighted by molar-refractivity contribution is 0.0954. The van der Waals surface area contributed by atoms with Crippen molar-refractivity contribution in [2.24, 2.45) is 0 Å². The van der Waals surface area contributed by atoms with E-state index in [1.807, 2.05) is 24.3 Å². The van der Waals surface area contributed by atoms with Gasteiger partial charge in [0.05, 0.1) is 0 Å². The molecule has 1 heterocycles. The maximum absolute atomic E-state index is 12.5. The van der Waals surface area contributed by atoms with Crippen LogP contribution in [0.3, 0.4) is 0 Å². The number of hydrogen-bond donors (Lipinski definition) is 1. The van der Waals surface area contributed by atoms with E-state index in [0.717, 1.165) is 18.5 Å². The second kappa shape index (κ2) is 9.73. The highest BCUT2D eigenvalue weighted by atomic mass is 16.1. The van der Waals surface area contributed by atoms with Gasteiger partial charge < -0.3 is 5.32 Å². The minimum atomic E-state index is -0.0175. The van der Waals surface area contributed by atoms with Crippen molar-refractivity contribution < 1.29 is 4.79 Å². The van der Waals surface area contributed by atoms with Crippen LogP contribution in [0.1, 0.15) is 39.9 Å². The van der Waals surface area contributed by atoms with Crippen LogP contribution in [0.4, 0.5) is 0 Å². The van der Waals surface area contributed by atoms with E-state index in [0.29, 0.717) is 12.1 Å². The molecule has 0 aromatic heterocycles. The summed E-state index contributed by atoms with van der Waals surface area (Å²) >= 11 is 0.